The van der Waals surface area contributed by atoms with Crippen molar-refractivity contribution < 1.29 is 17.9 Å². The van der Waals surface area contributed by atoms with Gasteiger partial charge in [-0.15, -0.1) is 0 Å². The molecule has 1 N–H and O–H groups in total. The van der Waals surface area contributed by atoms with Gasteiger partial charge in [0.05, 0.1) is 12.2 Å². The molecule has 100 valence electrons. The first-order valence-electron chi connectivity index (χ1n) is 6.03. The topological polar surface area (TPSA) is 21.3 Å². The zero-order valence-electron chi connectivity index (χ0n) is 9.96. The molecule has 1 fully saturated rings. The molecule has 5 heteroatoms. The smallest absolute Gasteiger partial charge is 0.380 e. The molecule has 0 aliphatic carbocycles. The number of hydrogen-bond acceptors (Lipinski definition) is 2. The maximum Gasteiger partial charge on any atom is 0.416 e. The molecule has 1 saturated heterocycles. The van der Waals surface area contributed by atoms with Crippen LogP contribution in [0.4, 0.5) is 13.2 Å². The number of benzene rings is 1. The number of hydrogen-bond donors (Lipinski definition) is 1. The average Bonchev–Trinajstić information content (AvgIpc) is 2.37. The van der Waals surface area contributed by atoms with Gasteiger partial charge in [-0.3, -0.25) is 0 Å². The predicted molar refractivity (Wildman–Crippen MR) is 62.1 cm³/mol. The zero-order valence-corrected chi connectivity index (χ0v) is 9.96. The van der Waals surface area contributed by atoms with Crippen molar-refractivity contribution in [3.05, 3.63) is 35.4 Å². The van der Waals surface area contributed by atoms with Crippen LogP contribution in [0.15, 0.2) is 24.3 Å². The third kappa shape index (κ3) is 3.71. The molecule has 0 aromatic heterocycles. The molecule has 1 aromatic rings. The highest BCUT2D eigenvalue weighted by Gasteiger charge is 2.30. The maximum absolute atomic E-state index is 12.5. The van der Waals surface area contributed by atoms with Crippen molar-refractivity contribution in [1.29, 1.82) is 0 Å². The Balaban J connectivity index is 1.92. The van der Waals surface area contributed by atoms with Crippen LogP contribution in [-0.4, -0.2) is 19.3 Å². The van der Waals surface area contributed by atoms with E-state index in [2.05, 4.69) is 5.32 Å². The normalized spacial score (nSPS) is 20.9. The van der Waals surface area contributed by atoms with Gasteiger partial charge in [0.2, 0.25) is 0 Å². The van der Waals surface area contributed by atoms with Gasteiger partial charge in [0.1, 0.15) is 0 Å². The molecule has 1 aromatic carbocycles. The van der Waals surface area contributed by atoms with E-state index in [0.29, 0.717) is 18.7 Å². The molecule has 1 heterocycles. The van der Waals surface area contributed by atoms with E-state index < -0.39 is 11.7 Å². The Bertz CT molecular complexity index is 386. The highest BCUT2D eigenvalue weighted by Crippen LogP contribution is 2.29. The first kappa shape index (κ1) is 13.4. The molecular weight excluding hydrogens is 243 g/mol. The van der Waals surface area contributed by atoms with Crippen LogP contribution in [0.2, 0.25) is 0 Å². The van der Waals surface area contributed by atoms with Crippen LogP contribution in [0.1, 0.15) is 24.0 Å². The van der Waals surface area contributed by atoms with Crippen molar-refractivity contribution in [2.75, 3.05) is 13.2 Å². The molecule has 0 saturated carbocycles. The first-order valence-corrected chi connectivity index (χ1v) is 6.03. The highest BCUT2D eigenvalue weighted by atomic mass is 19.4. The van der Waals surface area contributed by atoms with Gasteiger partial charge in [0.15, 0.2) is 0 Å². The second kappa shape index (κ2) is 5.71. The summed E-state index contributed by atoms with van der Waals surface area (Å²) in [5.74, 6) is 0. The largest absolute Gasteiger partial charge is 0.416 e. The summed E-state index contributed by atoms with van der Waals surface area (Å²) in [6.45, 7) is 1.86. The lowest BCUT2D eigenvalue weighted by molar-refractivity contribution is -0.137. The third-order valence-corrected chi connectivity index (χ3v) is 3.01. The van der Waals surface area contributed by atoms with Gasteiger partial charge in [-0.05, 0) is 24.5 Å². The molecule has 1 aliphatic heterocycles. The van der Waals surface area contributed by atoms with Gasteiger partial charge in [0, 0.05) is 19.2 Å². The quantitative estimate of drug-likeness (QED) is 0.901. The molecule has 0 radical (unpaired) electrons. The Morgan fingerprint density at radius 2 is 2.17 bits per heavy atom. The molecule has 0 spiro atoms. The van der Waals surface area contributed by atoms with E-state index in [4.69, 9.17) is 4.74 Å². The summed E-state index contributed by atoms with van der Waals surface area (Å²) in [6.07, 6.45) is -2.26. The highest BCUT2D eigenvalue weighted by molar-refractivity contribution is 5.25. The van der Waals surface area contributed by atoms with Gasteiger partial charge in [0.25, 0.3) is 0 Å². The van der Waals surface area contributed by atoms with Gasteiger partial charge in [-0.2, -0.15) is 13.2 Å². The lowest BCUT2D eigenvalue weighted by Gasteiger charge is -2.23. The molecule has 0 amide bonds. The zero-order chi connectivity index (χ0) is 13.0. The second-order valence-corrected chi connectivity index (χ2v) is 4.49. The fraction of sp³-hybridized carbons (Fsp3) is 0.538. The van der Waals surface area contributed by atoms with E-state index in [1.807, 2.05) is 0 Å². The van der Waals surface area contributed by atoms with Crippen molar-refractivity contribution >= 4 is 0 Å². The van der Waals surface area contributed by atoms with E-state index in [1.165, 1.54) is 12.1 Å². The van der Waals surface area contributed by atoms with Crippen LogP contribution in [0, 0.1) is 0 Å². The molecule has 0 bridgehead atoms. The van der Waals surface area contributed by atoms with Crippen molar-refractivity contribution in [2.24, 2.45) is 0 Å². The molecule has 1 unspecified atom stereocenters. The molecule has 2 nitrogen and oxygen atoms in total. The standard InChI is InChI=1S/C13H16F3NO/c14-13(15,16)11-4-1-3-10(7-11)8-17-12-5-2-6-18-9-12/h1,3-4,7,12,17H,2,5-6,8-9H2. The number of alkyl halides is 3. The fourth-order valence-corrected chi connectivity index (χ4v) is 2.02. The lowest BCUT2D eigenvalue weighted by Crippen LogP contribution is -2.36. The van der Waals surface area contributed by atoms with E-state index >= 15 is 0 Å². The first-order chi connectivity index (χ1) is 8.55. The average molecular weight is 259 g/mol. The van der Waals surface area contributed by atoms with Crippen LogP contribution < -0.4 is 5.32 Å². The minimum Gasteiger partial charge on any atom is -0.380 e. The van der Waals surface area contributed by atoms with Gasteiger partial charge in [-0.1, -0.05) is 18.2 Å². The Labute approximate surface area is 104 Å². The van der Waals surface area contributed by atoms with E-state index in [-0.39, 0.29) is 6.04 Å². The SMILES string of the molecule is FC(F)(F)c1cccc(CNC2CCCOC2)c1. The Morgan fingerprint density at radius 1 is 1.33 bits per heavy atom. The third-order valence-electron chi connectivity index (χ3n) is 3.01. The van der Waals surface area contributed by atoms with Crippen LogP contribution >= 0.6 is 0 Å². The van der Waals surface area contributed by atoms with E-state index in [1.54, 1.807) is 6.07 Å². The Kier molecular flexibility index (Phi) is 4.24. The number of ether oxygens (including phenoxy) is 1. The summed E-state index contributed by atoms with van der Waals surface area (Å²) in [5.41, 5.74) is 0.0529. The summed E-state index contributed by atoms with van der Waals surface area (Å²) in [6, 6.07) is 5.67. The predicted octanol–water partition coefficient (Wildman–Crippen LogP) is 2.97. The van der Waals surface area contributed by atoms with Crippen LogP contribution in [0.3, 0.4) is 0 Å². The fourth-order valence-electron chi connectivity index (χ4n) is 2.02. The second-order valence-electron chi connectivity index (χ2n) is 4.49. The summed E-state index contributed by atoms with van der Waals surface area (Å²) < 4.78 is 42.9. The summed E-state index contributed by atoms with van der Waals surface area (Å²) in [4.78, 5) is 0. The van der Waals surface area contributed by atoms with Gasteiger partial charge >= 0.3 is 6.18 Å². The summed E-state index contributed by atoms with van der Waals surface area (Å²) in [7, 11) is 0. The van der Waals surface area contributed by atoms with Crippen molar-refractivity contribution in [1.82, 2.24) is 5.32 Å². The number of rotatable bonds is 3. The van der Waals surface area contributed by atoms with Crippen LogP contribution in [0.25, 0.3) is 0 Å². The van der Waals surface area contributed by atoms with Crippen molar-refractivity contribution in [3.8, 4) is 0 Å². The molecular formula is C13H16F3NO. The summed E-state index contributed by atoms with van der Waals surface area (Å²) in [5, 5.41) is 3.22. The van der Waals surface area contributed by atoms with E-state index in [9.17, 15) is 13.2 Å². The monoisotopic (exact) mass is 259 g/mol. The van der Waals surface area contributed by atoms with Crippen LogP contribution in [-0.2, 0) is 17.5 Å². The van der Waals surface area contributed by atoms with E-state index in [0.717, 1.165) is 25.5 Å². The maximum atomic E-state index is 12.5. The Morgan fingerprint density at radius 3 is 2.83 bits per heavy atom. The molecule has 1 aliphatic rings. The minimum atomic E-state index is -4.27. The van der Waals surface area contributed by atoms with Crippen molar-refractivity contribution in [3.63, 3.8) is 0 Å². The van der Waals surface area contributed by atoms with Crippen LogP contribution in [0.5, 0.6) is 0 Å². The molecule has 1 atom stereocenters. The molecule has 2 rings (SSSR count). The lowest BCUT2D eigenvalue weighted by atomic mass is 10.1. The van der Waals surface area contributed by atoms with Gasteiger partial charge < -0.3 is 10.1 Å². The van der Waals surface area contributed by atoms with Crippen molar-refractivity contribution in [2.45, 2.75) is 31.6 Å². The summed E-state index contributed by atoms with van der Waals surface area (Å²) >= 11 is 0. The minimum absolute atomic E-state index is 0.244. The molecule has 18 heavy (non-hydrogen) atoms. The number of halogens is 3. The van der Waals surface area contributed by atoms with Gasteiger partial charge in [-0.25, -0.2) is 0 Å². The Hall–Kier alpha value is -1.07. The number of nitrogens with one attached hydrogen (secondary N) is 1.